The van der Waals surface area contributed by atoms with Crippen LogP contribution in [0.25, 0.3) is 0 Å². The molecule has 0 bridgehead atoms. The highest BCUT2D eigenvalue weighted by Gasteiger charge is 2.65. The molecule has 2 heterocycles. The lowest BCUT2D eigenvalue weighted by Gasteiger charge is -2.52. The molecule has 0 saturated heterocycles. The summed E-state index contributed by atoms with van der Waals surface area (Å²) in [6, 6.07) is 0. The molecule has 3 aliphatic carbocycles. The zero-order valence-electron chi connectivity index (χ0n) is 18.3. The molecule has 1 aromatic heterocycles. The summed E-state index contributed by atoms with van der Waals surface area (Å²) in [5.41, 5.74) is 0.110. The van der Waals surface area contributed by atoms with Crippen LogP contribution in [0, 0.1) is 11.3 Å². The maximum atomic E-state index is 13.8. The number of cyclic esters (lactones) is 1. The first-order valence-corrected chi connectivity index (χ1v) is 11.6. The molecule has 7 atom stereocenters. The number of rotatable bonds is 3. The predicted octanol–water partition coefficient (Wildman–Crippen LogP) is 2.70. The first-order chi connectivity index (χ1) is 15.1. The monoisotopic (exact) mass is 508 g/mol. The number of Topliss-reactive ketones (excluding diaryl/α,β-unsaturated/α-hetero) is 1. The average molecular weight is 509 g/mol. The third kappa shape index (κ3) is 2.58. The minimum atomic E-state index is -0.984. The standard InChI is InChI=1S/C23H25BrO8/c1-9(25)31-13-6-22(2)11(5-12(24)20(22)27)15-17(13)23(3)14(8-29-4)32-21(28)10-7-30-19(16(10)23)18(15)26/h7,11-14,20,27H,5-6,8H2,1-4H3/t11?,12-,13+,14+,20-,22-,23-/m0/s1. The zero-order valence-corrected chi connectivity index (χ0v) is 19.9. The van der Waals surface area contributed by atoms with Crippen LogP contribution in [0.1, 0.15) is 60.1 Å². The van der Waals surface area contributed by atoms with E-state index < -0.39 is 41.1 Å². The van der Waals surface area contributed by atoms with Crippen molar-refractivity contribution in [2.75, 3.05) is 13.7 Å². The Balaban J connectivity index is 1.82. The molecule has 172 valence electrons. The minimum absolute atomic E-state index is 0.0929. The molecule has 4 aliphatic rings. The van der Waals surface area contributed by atoms with E-state index in [1.807, 2.05) is 13.8 Å². The second kappa shape index (κ2) is 7.01. The molecule has 0 spiro atoms. The highest BCUT2D eigenvalue weighted by Crippen LogP contribution is 2.62. The number of allylic oxidation sites excluding steroid dienone is 1. The van der Waals surface area contributed by atoms with E-state index in [0.29, 0.717) is 29.6 Å². The summed E-state index contributed by atoms with van der Waals surface area (Å²) in [4.78, 5) is 38.4. The summed E-state index contributed by atoms with van der Waals surface area (Å²) >= 11 is 3.57. The van der Waals surface area contributed by atoms with Crippen LogP contribution < -0.4 is 0 Å². The van der Waals surface area contributed by atoms with Crippen LogP contribution >= 0.6 is 15.9 Å². The van der Waals surface area contributed by atoms with Crippen molar-refractivity contribution in [2.45, 2.75) is 62.2 Å². The first-order valence-electron chi connectivity index (χ1n) is 10.7. The molecule has 32 heavy (non-hydrogen) atoms. The van der Waals surface area contributed by atoms with Gasteiger partial charge in [0.25, 0.3) is 0 Å². The number of halogens is 1. The number of furan rings is 1. The normalized spacial score (nSPS) is 39.9. The summed E-state index contributed by atoms with van der Waals surface area (Å²) in [6.45, 7) is 5.23. The summed E-state index contributed by atoms with van der Waals surface area (Å²) in [5, 5.41) is 11.0. The first kappa shape index (κ1) is 21.9. The molecule has 1 saturated carbocycles. The topological polar surface area (TPSA) is 112 Å². The second-order valence-electron chi connectivity index (χ2n) is 9.62. The van der Waals surface area contributed by atoms with Gasteiger partial charge in [0.2, 0.25) is 5.78 Å². The van der Waals surface area contributed by atoms with E-state index in [-0.39, 0.29) is 34.5 Å². The van der Waals surface area contributed by atoms with E-state index in [2.05, 4.69) is 15.9 Å². The summed E-state index contributed by atoms with van der Waals surface area (Å²) in [7, 11) is 1.51. The number of methoxy groups -OCH3 is 1. The van der Waals surface area contributed by atoms with Gasteiger partial charge in [-0.05, 0) is 31.3 Å². The van der Waals surface area contributed by atoms with Gasteiger partial charge in [-0.2, -0.15) is 0 Å². The molecule has 1 fully saturated rings. The number of carbonyl (C=O) groups excluding carboxylic acids is 3. The van der Waals surface area contributed by atoms with Gasteiger partial charge in [0.15, 0.2) is 5.76 Å². The molecule has 0 amide bonds. The fraction of sp³-hybridized carbons (Fsp3) is 0.609. The largest absolute Gasteiger partial charge is 0.460 e. The fourth-order valence-corrected chi connectivity index (χ4v) is 7.43. The number of alkyl halides is 1. The van der Waals surface area contributed by atoms with Crippen molar-refractivity contribution in [3.8, 4) is 0 Å². The Kier molecular flexibility index (Phi) is 4.79. The highest BCUT2D eigenvalue weighted by molar-refractivity contribution is 9.09. The Bertz CT molecular complexity index is 1070. The Hall–Kier alpha value is -1.97. The van der Waals surface area contributed by atoms with Gasteiger partial charge in [0.05, 0.1) is 18.1 Å². The number of hydrogen-bond donors (Lipinski definition) is 1. The number of carbonyl (C=O) groups is 3. The molecule has 1 unspecified atom stereocenters. The average Bonchev–Trinajstić information content (AvgIpc) is 3.26. The molecule has 1 aromatic rings. The van der Waals surface area contributed by atoms with Crippen molar-refractivity contribution in [3.05, 3.63) is 34.3 Å². The lowest BCUT2D eigenvalue weighted by Crippen LogP contribution is -2.57. The summed E-state index contributed by atoms with van der Waals surface area (Å²) in [6.07, 6.45) is -0.0804. The van der Waals surface area contributed by atoms with E-state index in [9.17, 15) is 19.5 Å². The van der Waals surface area contributed by atoms with E-state index in [1.165, 1.54) is 20.3 Å². The van der Waals surface area contributed by atoms with Crippen molar-refractivity contribution in [3.63, 3.8) is 0 Å². The van der Waals surface area contributed by atoms with Crippen molar-refractivity contribution in [1.29, 1.82) is 0 Å². The smallest absolute Gasteiger partial charge is 0.342 e. The van der Waals surface area contributed by atoms with Gasteiger partial charge in [-0.25, -0.2) is 4.79 Å². The molecular formula is C23H25BrO8. The van der Waals surface area contributed by atoms with Gasteiger partial charge in [0, 0.05) is 35.4 Å². The Labute approximate surface area is 193 Å². The van der Waals surface area contributed by atoms with E-state index in [0.717, 1.165) is 0 Å². The Morgan fingerprint density at radius 3 is 2.72 bits per heavy atom. The third-order valence-corrected chi connectivity index (χ3v) is 8.80. The maximum Gasteiger partial charge on any atom is 0.342 e. The molecule has 5 rings (SSSR count). The number of aliphatic hydroxyl groups is 1. The van der Waals surface area contributed by atoms with E-state index in [4.69, 9.17) is 18.6 Å². The maximum absolute atomic E-state index is 13.8. The van der Waals surface area contributed by atoms with Gasteiger partial charge in [-0.3, -0.25) is 9.59 Å². The second-order valence-corrected chi connectivity index (χ2v) is 10.8. The SMILES string of the molecule is COC[C@H]1OC(=O)c2coc3c2[C@@]1(C)C1=C(C3=O)C2C[C@H](Br)[C@H](O)[C@@]2(C)C[C@H]1OC(C)=O. The quantitative estimate of drug-likeness (QED) is 0.489. The van der Waals surface area contributed by atoms with Crippen LogP contribution in [0.3, 0.4) is 0 Å². The molecule has 0 radical (unpaired) electrons. The van der Waals surface area contributed by atoms with Gasteiger partial charge in [0.1, 0.15) is 24.0 Å². The van der Waals surface area contributed by atoms with Crippen LogP contribution in [-0.4, -0.2) is 59.7 Å². The van der Waals surface area contributed by atoms with Gasteiger partial charge >= 0.3 is 11.9 Å². The number of esters is 2. The number of ether oxygens (including phenoxy) is 3. The number of hydrogen-bond acceptors (Lipinski definition) is 8. The van der Waals surface area contributed by atoms with Gasteiger partial charge in [-0.15, -0.1) is 0 Å². The third-order valence-electron chi connectivity index (χ3n) is 7.92. The lowest BCUT2D eigenvalue weighted by atomic mass is 9.54. The lowest BCUT2D eigenvalue weighted by molar-refractivity contribution is -0.149. The van der Waals surface area contributed by atoms with Crippen LogP contribution in [0.15, 0.2) is 21.8 Å². The molecule has 8 nitrogen and oxygen atoms in total. The van der Waals surface area contributed by atoms with Crippen molar-refractivity contribution < 1.29 is 38.1 Å². The van der Waals surface area contributed by atoms with Crippen LogP contribution in [0.5, 0.6) is 0 Å². The zero-order chi connectivity index (χ0) is 23.2. The van der Waals surface area contributed by atoms with Crippen molar-refractivity contribution in [2.24, 2.45) is 11.3 Å². The molecule has 0 aromatic carbocycles. The Morgan fingerprint density at radius 2 is 2.06 bits per heavy atom. The van der Waals surface area contributed by atoms with E-state index >= 15 is 0 Å². The molecule has 1 aliphatic heterocycles. The summed E-state index contributed by atoms with van der Waals surface area (Å²) in [5.74, 6) is -1.57. The molecule has 1 N–H and O–H groups in total. The molecular weight excluding hydrogens is 484 g/mol. The fourth-order valence-electron chi connectivity index (χ4n) is 6.46. The van der Waals surface area contributed by atoms with Crippen molar-refractivity contribution >= 4 is 33.7 Å². The van der Waals surface area contributed by atoms with Crippen LogP contribution in [0.2, 0.25) is 0 Å². The minimum Gasteiger partial charge on any atom is -0.460 e. The summed E-state index contributed by atoms with van der Waals surface area (Å²) < 4.78 is 22.6. The van der Waals surface area contributed by atoms with Crippen molar-refractivity contribution in [1.82, 2.24) is 0 Å². The number of aliphatic hydroxyl groups excluding tert-OH is 1. The Morgan fingerprint density at radius 1 is 1.34 bits per heavy atom. The molecule has 9 heteroatoms. The predicted molar refractivity (Wildman–Crippen MR) is 114 cm³/mol. The van der Waals surface area contributed by atoms with Gasteiger partial charge in [-0.1, -0.05) is 22.9 Å². The van der Waals surface area contributed by atoms with Crippen LogP contribution in [0.4, 0.5) is 0 Å². The van der Waals surface area contributed by atoms with Crippen LogP contribution in [-0.2, 0) is 24.4 Å². The number of ketones is 1. The van der Waals surface area contributed by atoms with Gasteiger partial charge < -0.3 is 23.7 Å². The highest BCUT2D eigenvalue weighted by atomic mass is 79.9. The van der Waals surface area contributed by atoms with E-state index in [1.54, 1.807) is 0 Å². The number of fused-ring (bicyclic) bond motifs is 3.